The van der Waals surface area contributed by atoms with Crippen molar-refractivity contribution in [1.29, 1.82) is 0 Å². The summed E-state index contributed by atoms with van der Waals surface area (Å²) in [5.74, 6) is 0. The molecule has 4 heteroatoms. The highest BCUT2D eigenvalue weighted by atomic mass is 32.2. The lowest BCUT2D eigenvalue weighted by Crippen LogP contribution is -2.37. The molecule has 0 N–H and O–H groups in total. The van der Waals surface area contributed by atoms with Crippen molar-refractivity contribution in [2.45, 2.75) is 44.5 Å². The number of aryl methyl sites for hydroxylation is 1. The summed E-state index contributed by atoms with van der Waals surface area (Å²) in [7, 11) is -3.62. The molecule has 2 aromatic rings. The van der Waals surface area contributed by atoms with Crippen LogP contribution in [-0.4, -0.2) is 25.3 Å². The van der Waals surface area contributed by atoms with Gasteiger partial charge >= 0.3 is 0 Å². The maximum Gasteiger partial charge on any atom is 0.243 e. The first-order valence-corrected chi connectivity index (χ1v) is 9.70. The third-order valence-electron chi connectivity index (χ3n) is 4.53. The molecule has 1 saturated heterocycles. The van der Waals surface area contributed by atoms with E-state index >= 15 is 0 Å². The van der Waals surface area contributed by atoms with Crippen LogP contribution in [0.1, 0.15) is 32.8 Å². The van der Waals surface area contributed by atoms with Gasteiger partial charge in [-0.3, -0.25) is 0 Å². The molecule has 1 unspecified atom stereocenters. The van der Waals surface area contributed by atoms with Crippen molar-refractivity contribution >= 4 is 10.0 Å². The van der Waals surface area contributed by atoms with Gasteiger partial charge in [-0.1, -0.05) is 61.9 Å². The van der Waals surface area contributed by atoms with Crippen LogP contribution in [-0.2, 0) is 16.4 Å². The number of hydrogen-bond acceptors (Lipinski definition) is 2. The molecule has 3 rings (SSSR count). The van der Waals surface area contributed by atoms with Gasteiger partial charge in [0.15, 0.2) is 0 Å². The van der Waals surface area contributed by atoms with Crippen LogP contribution in [0.2, 0.25) is 0 Å². The monoisotopic (exact) mass is 344 g/mol. The first-order chi connectivity index (χ1) is 11.7. The van der Waals surface area contributed by atoms with Gasteiger partial charge in [0.1, 0.15) is 0 Å². The third kappa shape index (κ3) is 3.55. The molecule has 128 valence electrons. The Hall–Kier alpha value is -1.65. The molecule has 0 spiro atoms. The number of benzene rings is 2. The SMILES string of the molecule is [2H][C@@H](c1ccccc1)C1CC(C)(C)CN1S(=O)(=O)c1ccc(C)cc1. The van der Waals surface area contributed by atoms with Gasteiger partial charge in [-0.2, -0.15) is 4.31 Å². The van der Waals surface area contributed by atoms with E-state index in [0.717, 1.165) is 11.1 Å². The molecule has 0 saturated carbocycles. The first kappa shape index (κ1) is 15.9. The van der Waals surface area contributed by atoms with Crippen molar-refractivity contribution in [2.75, 3.05) is 6.54 Å². The van der Waals surface area contributed by atoms with Crippen molar-refractivity contribution in [1.82, 2.24) is 4.31 Å². The molecule has 1 aliphatic rings. The standard InChI is InChI=1S/C20H25NO2S/c1-16-9-11-19(12-10-16)24(22,23)21-15-20(2,3)14-18(21)13-17-7-5-4-6-8-17/h4-12,18H,13-15H2,1-3H3/i13D/t13-,18?/m0/s1. The van der Waals surface area contributed by atoms with Crippen LogP contribution < -0.4 is 0 Å². The Kier molecular flexibility index (Phi) is 4.19. The lowest BCUT2D eigenvalue weighted by molar-refractivity contribution is 0.366. The van der Waals surface area contributed by atoms with Gasteiger partial charge in [0.2, 0.25) is 10.0 Å². The van der Waals surface area contributed by atoms with E-state index in [9.17, 15) is 8.42 Å². The maximum atomic E-state index is 13.2. The Labute approximate surface area is 146 Å². The smallest absolute Gasteiger partial charge is 0.207 e. The fraction of sp³-hybridized carbons (Fsp3) is 0.400. The molecule has 2 atom stereocenters. The van der Waals surface area contributed by atoms with Crippen molar-refractivity contribution in [3.8, 4) is 0 Å². The predicted molar refractivity (Wildman–Crippen MR) is 97.4 cm³/mol. The van der Waals surface area contributed by atoms with E-state index in [1.807, 2.05) is 49.4 Å². The quantitative estimate of drug-likeness (QED) is 0.840. The molecular formula is C20H25NO2S. The molecule has 1 aliphatic heterocycles. The van der Waals surface area contributed by atoms with E-state index in [1.54, 1.807) is 16.4 Å². The molecular weight excluding hydrogens is 318 g/mol. The Morgan fingerprint density at radius 3 is 2.38 bits per heavy atom. The second-order valence-electron chi connectivity index (χ2n) is 7.38. The molecule has 24 heavy (non-hydrogen) atoms. The summed E-state index contributed by atoms with van der Waals surface area (Å²) in [6.45, 7) is 6.52. The van der Waals surface area contributed by atoms with Gasteiger partial charge in [-0.25, -0.2) is 8.42 Å². The molecule has 0 aliphatic carbocycles. The normalized spacial score (nSPS) is 23.0. The fourth-order valence-corrected chi connectivity index (χ4v) is 5.07. The van der Waals surface area contributed by atoms with Gasteiger partial charge in [-0.15, -0.1) is 0 Å². The molecule has 2 aromatic carbocycles. The highest BCUT2D eigenvalue weighted by Gasteiger charge is 2.43. The van der Waals surface area contributed by atoms with E-state index in [2.05, 4.69) is 13.8 Å². The minimum Gasteiger partial charge on any atom is -0.207 e. The van der Waals surface area contributed by atoms with Crippen LogP contribution in [0.25, 0.3) is 0 Å². The van der Waals surface area contributed by atoms with Crippen LogP contribution in [0.15, 0.2) is 59.5 Å². The predicted octanol–water partition coefficient (Wildman–Crippen LogP) is 4.03. The lowest BCUT2D eigenvalue weighted by Gasteiger charge is -2.24. The van der Waals surface area contributed by atoms with E-state index < -0.39 is 16.4 Å². The van der Waals surface area contributed by atoms with Crippen molar-refractivity contribution in [3.05, 3.63) is 65.7 Å². The molecule has 0 bridgehead atoms. The van der Waals surface area contributed by atoms with E-state index in [4.69, 9.17) is 1.37 Å². The topological polar surface area (TPSA) is 37.4 Å². The highest BCUT2D eigenvalue weighted by Crippen LogP contribution is 2.38. The van der Waals surface area contributed by atoms with Crippen LogP contribution in [0.5, 0.6) is 0 Å². The molecule has 3 nitrogen and oxygen atoms in total. The zero-order valence-electron chi connectivity index (χ0n) is 15.4. The van der Waals surface area contributed by atoms with Crippen molar-refractivity contribution in [2.24, 2.45) is 5.41 Å². The highest BCUT2D eigenvalue weighted by molar-refractivity contribution is 7.89. The third-order valence-corrected chi connectivity index (χ3v) is 6.41. The summed E-state index contributed by atoms with van der Waals surface area (Å²) in [4.78, 5) is 0.307. The average Bonchev–Trinajstić information content (AvgIpc) is 2.92. The van der Waals surface area contributed by atoms with Gasteiger partial charge in [0, 0.05) is 14.0 Å². The van der Waals surface area contributed by atoms with Gasteiger partial charge in [-0.05, 0) is 42.9 Å². The zero-order chi connectivity index (χ0) is 18.2. The summed E-state index contributed by atoms with van der Waals surface area (Å²) in [5, 5.41) is 0. The van der Waals surface area contributed by atoms with Crippen LogP contribution >= 0.6 is 0 Å². The summed E-state index contributed by atoms with van der Waals surface area (Å²) >= 11 is 0. The summed E-state index contributed by atoms with van der Waals surface area (Å²) in [5.41, 5.74) is 1.74. The number of hydrogen-bond donors (Lipinski definition) is 0. The van der Waals surface area contributed by atoms with Gasteiger partial charge < -0.3 is 0 Å². The summed E-state index contributed by atoms with van der Waals surface area (Å²) in [6.07, 6.45) is 0.0874. The minimum atomic E-state index is -3.62. The summed E-state index contributed by atoms with van der Waals surface area (Å²) in [6, 6.07) is 16.1. The first-order valence-electron chi connectivity index (χ1n) is 8.84. The Bertz CT molecular complexity index is 832. The molecule has 0 radical (unpaired) electrons. The molecule has 1 fully saturated rings. The Morgan fingerprint density at radius 1 is 1.12 bits per heavy atom. The van der Waals surface area contributed by atoms with Crippen LogP contribution in [0.3, 0.4) is 0 Å². The molecule has 0 aromatic heterocycles. The Morgan fingerprint density at radius 2 is 1.75 bits per heavy atom. The van der Waals surface area contributed by atoms with Crippen molar-refractivity contribution < 1.29 is 9.79 Å². The largest absolute Gasteiger partial charge is 0.243 e. The maximum absolute atomic E-state index is 13.2. The van der Waals surface area contributed by atoms with Crippen LogP contribution in [0.4, 0.5) is 0 Å². The van der Waals surface area contributed by atoms with Crippen molar-refractivity contribution in [3.63, 3.8) is 0 Å². The minimum absolute atomic E-state index is 0.142. The number of sulfonamides is 1. The summed E-state index contributed by atoms with van der Waals surface area (Å²) < 4.78 is 36.7. The Balaban J connectivity index is 1.98. The molecule has 0 amide bonds. The zero-order valence-corrected chi connectivity index (χ0v) is 15.3. The lowest BCUT2D eigenvalue weighted by atomic mass is 9.89. The number of rotatable bonds is 4. The van der Waals surface area contributed by atoms with Crippen LogP contribution in [0, 0.1) is 12.3 Å². The second-order valence-corrected chi connectivity index (χ2v) is 9.27. The van der Waals surface area contributed by atoms with E-state index in [-0.39, 0.29) is 11.5 Å². The average molecular weight is 344 g/mol. The molecule has 1 heterocycles. The van der Waals surface area contributed by atoms with E-state index in [1.165, 1.54) is 0 Å². The second kappa shape index (κ2) is 6.34. The van der Waals surface area contributed by atoms with Gasteiger partial charge in [0.25, 0.3) is 0 Å². The van der Waals surface area contributed by atoms with E-state index in [0.29, 0.717) is 17.9 Å². The van der Waals surface area contributed by atoms with Gasteiger partial charge in [0.05, 0.1) is 4.90 Å². The fourth-order valence-electron chi connectivity index (χ4n) is 3.31. The number of nitrogens with zero attached hydrogens (tertiary/aromatic N) is 1.